The van der Waals surface area contributed by atoms with Crippen LogP contribution in [-0.4, -0.2) is 50.6 Å². The predicted octanol–water partition coefficient (Wildman–Crippen LogP) is 2.17. The predicted molar refractivity (Wildman–Crippen MR) is 120 cm³/mol. The van der Waals surface area contributed by atoms with E-state index in [0.29, 0.717) is 17.9 Å². The molecule has 0 bridgehead atoms. The Hall–Kier alpha value is -3.39. The van der Waals surface area contributed by atoms with Crippen LogP contribution in [0.1, 0.15) is 18.9 Å². The van der Waals surface area contributed by atoms with Gasteiger partial charge in [-0.3, -0.25) is 14.4 Å². The lowest BCUT2D eigenvalue weighted by molar-refractivity contribution is -0.136. The van der Waals surface area contributed by atoms with Gasteiger partial charge in [-0.15, -0.1) is 0 Å². The smallest absolute Gasteiger partial charge is 0.313 e. The number of nitrogens with zero attached hydrogens (tertiary/aromatic N) is 1. The molecule has 2 aromatic rings. The first-order valence-electron chi connectivity index (χ1n) is 10.4. The van der Waals surface area contributed by atoms with Crippen molar-refractivity contribution in [2.45, 2.75) is 19.8 Å². The van der Waals surface area contributed by atoms with Crippen LogP contribution in [0.2, 0.25) is 0 Å². The number of aryl methyl sites for hydroxylation is 1. The van der Waals surface area contributed by atoms with Gasteiger partial charge in [0.25, 0.3) is 0 Å². The number of carbonyl (C=O) groups excluding carboxylic acids is 3. The van der Waals surface area contributed by atoms with E-state index >= 15 is 0 Å². The van der Waals surface area contributed by atoms with Crippen LogP contribution in [0.3, 0.4) is 0 Å². The van der Waals surface area contributed by atoms with Crippen LogP contribution in [-0.2, 0) is 25.5 Å². The Kier molecular flexibility index (Phi) is 8.00. The van der Waals surface area contributed by atoms with E-state index in [4.69, 9.17) is 4.74 Å². The first-order valence-corrected chi connectivity index (χ1v) is 10.4. The Morgan fingerprint density at radius 2 is 1.61 bits per heavy atom. The molecular formula is C23H28N4O4. The standard InChI is InChI=1S/C23H28N4O4/c1-17(28)25-19-5-2-6-20(16-19)26-23(30)22(29)24-11-3-4-18-7-9-21(10-8-18)27-12-14-31-15-13-27/h2,5-10,16H,3-4,11-15H2,1H3,(H,24,29)(H,25,28)(H,26,30). The number of rotatable bonds is 7. The summed E-state index contributed by atoms with van der Waals surface area (Å²) in [4.78, 5) is 37.5. The molecule has 1 fully saturated rings. The second-order valence-corrected chi connectivity index (χ2v) is 7.34. The van der Waals surface area contributed by atoms with Gasteiger partial charge < -0.3 is 25.6 Å². The maximum Gasteiger partial charge on any atom is 0.313 e. The number of anilines is 3. The lowest BCUT2D eigenvalue weighted by Gasteiger charge is -2.28. The topological polar surface area (TPSA) is 99.8 Å². The summed E-state index contributed by atoms with van der Waals surface area (Å²) in [5, 5.41) is 7.80. The minimum atomic E-state index is -0.741. The van der Waals surface area contributed by atoms with Crippen molar-refractivity contribution in [1.29, 1.82) is 0 Å². The van der Waals surface area contributed by atoms with Gasteiger partial charge in [0.05, 0.1) is 13.2 Å². The largest absolute Gasteiger partial charge is 0.378 e. The third kappa shape index (κ3) is 7.11. The minimum Gasteiger partial charge on any atom is -0.378 e. The van der Waals surface area contributed by atoms with Gasteiger partial charge >= 0.3 is 11.8 Å². The highest BCUT2D eigenvalue weighted by Gasteiger charge is 2.14. The van der Waals surface area contributed by atoms with Crippen LogP contribution < -0.4 is 20.9 Å². The Morgan fingerprint density at radius 1 is 0.935 bits per heavy atom. The van der Waals surface area contributed by atoms with Crippen molar-refractivity contribution in [3.05, 3.63) is 54.1 Å². The maximum absolute atomic E-state index is 12.1. The third-order valence-electron chi connectivity index (χ3n) is 4.89. The molecule has 1 heterocycles. The molecule has 8 heteroatoms. The molecule has 3 rings (SSSR count). The molecule has 0 unspecified atom stereocenters. The molecule has 31 heavy (non-hydrogen) atoms. The van der Waals surface area contributed by atoms with Crippen molar-refractivity contribution < 1.29 is 19.1 Å². The van der Waals surface area contributed by atoms with Gasteiger partial charge in [-0.25, -0.2) is 0 Å². The number of hydrogen-bond donors (Lipinski definition) is 3. The molecule has 3 N–H and O–H groups in total. The SMILES string of the molecule is CC(=O)Nc1cccc(NC(=O)C(=O)NCCCc2ccc(N3CCOCC3)cc2)c1. The number of carbonyl (C=O) groups is 3. The number of morpholine rings is 1. The second-order valence-electron chi connectivity index (χ2n) is 7.34. The Morgan fingerprint density at radius 3 is 2.29 bits per heavy atom. The van der Waals surface area contributed by atoms with E-state index in [0.717, 1.165) is 39.1 Å². The molecule has 0 aliphatic carbocycles. The summed E-state index contributed by atoms with van der Waals surface area (Å²) < 4.78 is 5.38. The fourth-order valence-corrected chi connectivity index (χ4v) is 3.34. The molecule has 0 atom stereocenters. The van der Waals surface area contributed by atoms with Gasteiger partial charge in [0.15, 0.2) is 0 Å². The van der Waals surface area contributed by atoms with E-state index in [-0.39, 0.29) is 5.91 Å². The molecule has 0 spiro atoms. The molecule has 2 aromatic carbocycles. The summed E-state index contributed by atoms with van der Waals surface area (Å²) >= 11 is 0. The van der Waals surface area contributed by atoms with Crippen LogP contribution in [0.15, 0.2) is 48.5 Å². The highest BCUT2D eigenvalue weighted by atomic mass is 16.5. The number of hydrogen-bond acceptors (Lipinski definition) is 5. The van der Waals surface area contributed by atoms with Crippen molar-refractivity contribution >= 4 is 34.8 Å². The number of amides is 3. The van der Waals surface area contributed by atoms with E-state index < -0.39 is 11.8 Å². The highest BCUT2D eigenvalue weighted by Crippen LogP contribution is 2.17. The van der Waals surface area contributed by atoms with Crippen LogP contribution in [0, 0.1) is 0 Å². The van der Waals surface area contributed by atoms with E-state index in [2.05, 4.69) is 45.1 Å². The van der Waals surface area contributed by atoms with Crippen molar-refractivity contribution in [2.24, 2.45) is 0 Å². The number of nitrogens with one attached hydrogen (secondary N) is 3. The van der Waals surface area contributed by atoms with Crippen LogP contribution in [0.25, 0.3) is 0 Å². The van der Waals surface area contributed by atoms with Gasteiger partial charge in [0.2, 0.25) is 5.91 Å². The Labute approximate surface area is 182 Å². The Bertz CT molecular complexity index is 908. The molecular weight excluding hydrogens is 396 g/mol. The summed E-state index contributed by atoms with van der Waals surface area (Å²) in [6.07, 6.45) is 1.54. The quantitative estimate of drug-likeness (QED) is 0.467. The molecule has 0 aromatic heterocycles. The van der Waals surface area contributed by atoms with Gasteiger partial charge in [-0.2, -0.15) is 0 Å². The Balaban J connectivity index is 1.38. The highest BCUT2D eigenvalue weighted by molar-refractivity contribution is 6.39. The zero-order chi connectivity index (χ0) is 22.1. The lowest BCUT2D eigenvalue weighted by atomic mass is 10.1. The molecule has 3 amide bonds. The molecule has 0 radical (unpaired) electrons. The zero-order valence-electron chi connectivity index (χ0n) is 17.6. The summed E-state index contributed by atoms with van der Waals surface area (Å²) in [6.45, 7) is 5.14. The van der Waals surface area contributed by atoms with Gasteiger partial charge in [0.1, 0.15) is 0 Å². The number of ether oxygens (including phenoxy) is 1. The van der Waals surface area contributed by atoms with Gasteiger partial charge in [0, 0.05) is 43.6 Å². The van der Waals surface area contributed by atoms with E-state index in [1.54, 1.807) is 24.3 Å². The fourth-order valence-electron chi connectivity index (χ4n) is 3.34. The molecule has 164 valence electrons. The average molecular weight is 425 g/mol. The fraction of sp³-hybridized carbons (Fsp3) is 0.348. The molecule has 8 nitrogen and oxygen atoms in total. The van der Waals surface area contributed by atoms with Gasteiger partial charge in [-0.1, -0.05) is 18.2 Å². The van der Waals surface area contributed by atoms with Crippen molar-refractivity contribution in [3.8, 4) is 0 Å². The monoisotopic (exact) mass is 424 g/mol. The summed E-state index contributed by atoms with van der Waals surface area (Å²) in [7, 11) is 0. The lowest BCUT2D eigenvalue weighted by Crippen LogP contribution is -2.36. The van der Waals surface area contributed by atoms with Crippen molar-refractivity contribution in [2.75, 3.05) is 48.4 Å². The van der Waals surface area contributed by atoms with E-state index in [1.807, 2.05) is 0 Å². The zero-order valence-corrected chi connectivity index (χ0v) is 17.6. The van der Waals surface area contributed by atoms with Crippen LogP contribution in [0.4, 0.5) is 17.1 Å². The molecule has 0 saturated carbocycles. The maximum atomic E-state index is 12.1. The summed E-state index contributed by atoms with van der Waals surface area (Å²) in [5.74, 6) is -1.64. The first kappa shape index (κ1) is 22.3. The van der Waals surface area contributed by atoms with E-state index in [9.17, 15) is 14.4 Å². The van der Waals surface area contributed by atoms with Crippen molar-refractivity contribution in [1.82, 2.24) is 5.32 Å². The normalized spacial score (nSPS) is 13.4. The van der Waals surface area contributed by atoms with E-state index in [1.165, 1.54) is 18.2 Å². The average Bonchev–Trinajstić information content (AvgIpc) is 2.77. The summed E-state index contributed by atoms with van der Waals surface area (Å²) in [5.41, 5.74) is 3.36. The first-order chi connectivity index (χ1) is 15.0. The van der Waals surface area contributed by atoms with Crippen LogP contribution >= 0.6 is 0 Å². The third-order valence-corrected chi connectivity index (χ3v) is 4.89. The molecule has 1 saturated heterocycles. The van der Waals surface area contributed by atoms with Crippen LogP contribution in [0.5, 0.6) is 0 Å². The summed E-state index contributed by atoms with van der Waals surface area (Å²) in [6, 6.07) is 15.0. The minimum absolute atomic E-state index is 0.211. The second kappa shape index (κ2) is 11.1. The van der Waals surface area contributed by atoms with Crippen molar-refractivity contribution in [3.63, 3.8) is 0 Å². The molecule has 1 aliphatic rings. The number of benzene rings is 2. The van der Waals surface area contributed by atoms with Gasteiger partial charge in [-0.05, 0) is 48.7 Å². The molecule has 1 aliphatic heterocycles.